The maximum atomic E-state index is 13.2. The zero-order valence-electron chi connectivity index (χ0n) is 15.4. The molecule has 148 valence electrons. The molecule has 1 aromatic carbocycles. The van der Waals surface area contributed by atoms with E-state index < -0.39 is 5.82 Å². The molecule has 0 atom stereocenters. The van der Waals surface area contributed by atoms with Crippen LogP contribution in [0.25, 0.3) is 0 Å². The molecule has 7 nitrogen and oxygen atoms in total. The molecule has 0 bridgehead atoms. The Hall–Kier alpha value is -2.78. The number of carbonyl (C=O) groups is 3. The molecule has 9 heteroatoms. The fraction of sp³-hybridized carbons (Fsp3) is 0.316. The molecule has 0 radical (unpaired) electrons. The SMILES string of the molecule is CC(=O)Nc1ccc(C(=O)N2CCN(CC(=O)Nc3cccc(F)c3)CC2)s1. The fourth-order valence-electron chi connectivity index (χ4n) is 2.93. The van der Waals surface area contributed by atoms with Crippen LogP contribution >= 0.6 is 11.3 Å². The van der Waals surface area contributed by atoms with Crippen molar-refractivity contribution >= 4 is 39.7 Å². The van der Waals surface area contributed by atoms with Crippen molar-refractivity contribution in [3.05, 3.63) is 47.1 Å². The number of thiophene rings is 1. The molecule has 0 spiro atoms. The van der Waals surface area contributed by atoms with E-state index >= 15 is 0 Å². The molecular formula is C19H21FN4O3S. The van der Waals surface area contributed by atoms with E-state index in [0.29, 0.717) is 41.7 Å². The minimum absolute atomic E-state index is 0.0783. The highest BCUT2D eigenvalue weighted by atomic mass is 32.1. The van der Waals surface area contributed by atoms with Crippen LogP contribution in [-0.2, 0) is 9.59 Å². The van der Waals surface area contributed by atoms with Gasteiger partial charge in [0.05, 0.1) is 16.4 Å². The molecule has 2 heterocycles. The van der Waals surface area contributed by atoms with Gasteiger partial charge in [-0.2, -0.15) is 0 Å². The second-order valence-electron chi connectivity index (χ2n) is 6.47. The molecule has 3 rings (SSSR count). The summed E-state index contributed by atoms with van der Waals surface area (Å²) in [6.45, 7) is 3.78. The Morgan fingerprint density at radius 3 is 2.50 bits per heavy atom. The minimum atomic E-state index is -0.403. The molecule has 1 aliphatic rings. The number of hydrogen-bond donors (Lipinski definition) is 2. The van der Waals surface area contributed by atoms with Gasteiger partial charge in [-0.15, -0.1) is 11.3 Å². The summed E-state index contributed by atoms with van der Waals surface area (Å²) < 4.78 is 13.2. The van der Waals surface area contributed by atoms with Gasteiger partial charge in [-0.05, 0) is 30.3 Å². The number of amides is 3. The Morgan fingerprint density at radius 2 is 1.82 bits per heavy atom. The third kappa shape index (κ3) is 5.37. The highest BCUT2D eigenvalue weighted by Crippen LogP contribution is 2.23. The quantitative estimate of drug-likeness (QED) is 0.801. The summed E-state index contributed by atoms with van der Waals surface area (Å²) in [4.78, 5) is 40.1. The third-order valence-corrected chi connectivity index (χ3v) is 5.24. The van der Waals surface area contributed by atoms with Crippen LogP contribution in [0, 0.1) is 5.82 Å². The van der Waals surface area contributed by atoms with Crippen molar-refractivity contribution in [1.82, 2.24) is 9.80 Å². The second-order valence-corrected chi connectivity index (χ2v) is 7.56. The fourth-order valence-corrected chi connectivity index (χ4v) is 3.85. The van der Waals surface area contributed by atoms with Gasteiger partial charge in [0.15, 0.2) is 0 Å². The Morgan fingerprint density at radius 1 is 1.07 bits per heavy atom. The Balaban J connectivity index is 1.47. The van der Waals surface area contributed by atoms with Gasteiger partial charge in [0, 0.05) is 38.8 Å². The van der Waals surface area contributed by atoms with E-state index in [1.165, 1.54) is 36.5 Å². The van der Waals surface area contributed by atoms with Gasteiger partial charge >= 0.3 is 0 Å². The predicted octanol–water partition coefficient (Wildman–Crippen LogP) is 2.24. The first-order chi connectivity index (χ1) is 13.4. The largest absolute Gasteiger partial charge is 0.335 e. The summed E-state index contributed by atoms with van der Waals surface area (Å²) in [6, 6.07) is 9.18. The molecule has 1 fully saturated rings. The van der Waals surface area contributed by atoms with E-state index in [1.807, 2.05) is 4.90 Å². The normalized spacial score (nSPS) is 14.6. The Kier molecular flexibility index (Phi) is 6.37. The van der Waals surface area contributed by atoms with Crippen LogP contribution in [0.15, 0.2) is 36.4 Å². The first-order valence-corrected chi connectivity index (χ1v) is 9.67. The molecule has 0 aliphatic carbocycles. The summed E-state index contributed by atoms with van der Waals surface area (Å²) in [7, 11) is 0. The van der Waals surface area contributed by atoms with E-state index in [9.17, 15) is 18.8 Å². The van der Waals surface area contributed by atoms with Crippen LogP contribution in [0.5, 0.6) is 0 Å². The van der Waals surface area contributed by atoms with Crippen molar-refractivity contribution in [2.24, 2.45) is 0 Å². The average Bonchev–Trinajstić information content (AvgIpc) is 3.09. The highest BCUT2D eigenvalue weighted by molar-refractivity contribution is 7.18. The van der Waals surface area contributed by atoms with Crippen LogP contribution in [0.1, 0.15) is 16.6 Å². The first kappa shape index (κ1) is 20.0. The average molecular weight is 404 g/mol. The number of piperazine rings is 1. The van der Waals surface area contributed by atoms with Crippen molar-refractivity contribution in [2.75, 3.05) is 43.4 Å². The number of nitrogens with zero attached hydrogens (tertiary/aromatic N) is 2. The van der Waals surface area contributed by atoms with Crippen LogP contribution < -0.4 is 10.6 Å². The molecule has 1 aromatic heterocycles. The van der Waals surface area contributed by atoms with Gasteiger partial charge in [-0.3, -0.25) is 19.3 Å². The topological polar surface area (TPSA) is 81.8 Å². The summed E-state index contributed by atoms with van der Waals surface area (Å²) >= 11 is 1.25. The van der Waals surface area contributed by atoms with Gasteiger partial charge in [0.2, 0.25) is 11.8 Å². The maximum absolute atomic E-state index is 13.2. The summed E-state index contributed by atoms with van der Waals surface area (Å²) in [6.07, 6.45) is 0. The van der Waals surface area contributed by atoms with Gasteiger partial charge in [-0.1, -0.05) is 6.07 Å². The molecule has 2 aromatic rings. The highest BCUT2D eigenvalue weighted by Gasteiger charge is 2.24. The van der Waals surface area contributed by atoms with Gasteiger partial charge in [0.1, 0.15) is 5.82 Å². The first-order valence-electron chi connectivity index (χ1n) is 8.85. The summed E-state index contributed by atoms with van der Waals surface area (Å²) in [5.41, 5.74) is 0.423. The molecule has 1 aliphatic heterocycles. The monoisotopic (exact) mass is 404 g/mol. The number of halogens is 1. The number of anilines is 2. The zero-order chi connectivity index (χ0) is 20.1. The minimum Gasteiger partial charge on any atom is -0.335 e. The number of nitrogens with one attached hydrogen (secondary N) is 2. The molecule has 2 N–H and O–H groups in total. The van der Waals surface area contributed by atoms with Crippen molar-refractivity contribution in [3.63, 3.8) is 0 Å². The molecule has 1 saturated heterocycles. The van der Waals surface area contributed by atoms with E-state index in [4.69, 9.17) is 0 Å². The van der Waals surface area contributed by atoms with Crippen LogP contribution in [0.3, 0.4) is 0 Å². The summed E-state index contributed by atoms with van der Waals surface area (Å²) in [5, 5.41) is 5.98. The lowest BCUT2D eigenvalue weighted by Gasteiger charge is -2.34. The summed E-state index contributed by atoms with van der Waals surface area (Å²) in [5.74, 6) is -0.875. The van der Waals surface area contributed by atoms with Gasteiger partial charge in [-0.25, -0.2) is 4.39 Å². The van der Waals surface area contributed by atoms with E-state index in [-0.39, 0.29) is 24.3 Å². The lowest BCUT2D eigenvalue weighted by atomic mass is 10.2. The lowest BCUT2D eigenvalue weighted by Crippen LogP contribution is -2.50. The number of hydrogen-bond acceptors (Lipinski definition) is 5. The molecule has 3 amide bonds. The number of rotatable bonds is 5. The van der Waals surface area contributed by atoms with E-state index in [2.05, 4.69) is 10.6 Å². The van der Waals surface area contributed by atoms with Crippen molar-refractivity contribution in [3.8, 4) is 0 Å². The van der Waals surface area contributed by atoms with E-state index in [1.54, 1.807) is 23.1 Å². The Bertz CT molecular complexity index is 878. The molecular weight excluding hydrogens is 383 g/mol. The third-order valence-electron chi connectivity index (χ3n) is 4.25. The predicted molar refractivity (Wildman–Crippen MR) is 106 cm³/mol. The Labute approximate surface area is 166 Å². The van der Waals surface area contributed by atoms with Crippen molar-refractivity contribution in [2.45, 2.75) is 6.92 Å². The van der Waals surface area contributed by atoms with Crippen LogP contribution in [0.2, 0.25) is 0 Å². The van der Waals surface area contributed by atoms with Gasteiger partial charge in [0.25, 0.3) is 5.91 Å². The van der Waals surface area contributed by atoms with Crippen molar-refractivity contribution < 1.29 is 18.8 Å². The second kappa shape index (κ2) is 8.94. The smallest absolute Gasteiger partial charge is 0.264 e. The zero-order valence-corrected chi connectivity index (χ0v) is 16.2. The molecule has 28 heavy (non-hydrogen) atoms. The maximum Gasteiger partial charge on any atom is 0.264 e. The van der Waals surface area contributed by atoms with E-state index in [0.717, 1.165) is 0 Å². The van der Waals surface area contributed by atoms with Crippen LogP contribution in [-0.4, -0.2) is 60.2 Å². The molecule has 0 unspecified atom stereocenters. The number of benzene rings is 1. The molecule has 0 saturated carbocycles. The van der Waals surface area contributed by atoms with Crippen molar-refractivity contribution in [1.29, 1.82) is 0 Å². The standard InChI is InChI=1S/C19H21FN4O3S/c1-13(25)21-18-6-5-16(28-18)19(27)24-9-7-23(8-10-24)12-17(26)22-15-4-2-3-14(20)11-15/h2-6,11H,7-10,12H2,1H3,(H,21,25)(H,22,26). The van der Waals surface area contributed by atoms with Crippen LogP contribution in [0.4, 0.5) is 15.1 Å². The lowest BCUT2D eigenvalue weighted by molar-refractivity contribution is -0.117. The number of carbonyl (C=O) groups excluding carboxylic acids is 3. The van der Waals surface area contributed by atoms with Gasteiger partial charge < -0.3 is 15.5 Å².